The molecule has 2 N–H and O–H groups in total. The van der Waals surface area contributed by atoms with Crippen molar-refractivity contribution in [2.75, 3.05) is 13.6 Å². The fourth-order valence-corrected chi connectivity index (χ4v) is 2.22. The van der Waals surface area contributed by atoms with Crippen LogP contribution in [0.1, 0.15) is 49.7 Å². The first-order valence-corrected chi connectivity index (χ1v) is 5.96. The third kappa shape index (κ3) is 2.78. The Hall–Kier alpha value is -0.900. The monoisotopic (exact) mass is 208 g/mol. The van der Waals surface area contributed by atoms with Crippen molar-refractivity contribution in [3.63, 3.8) is 0 Å². The van der Waals surface area contributed by atoms with Crippen LogP contribution in [0.2, 0.25) is 0 Å². The van der Waals surface area contributed by atoms with Gasteiger partial charge >= 0.3 is 0 Å². The van der Waals surface area contributed by atoms with Gasteiger partial charge in [0.15, 0.2) is 5.82 Å². The second-order valence-corrected chi connectivity index (χ2v) is 4.33. The van der Waals surface area contributed by atoms with Crippen LogP contribution in [0, 0.1) is 0 Å². The van der Waals surface area contributed by atoms with E-state index in [1.807, 2.05) is 7.05 Å². The van der Waals surface area contributed by atoms with E-state index in [4.69, 9.17) is 0 Å². The van der Waals surface area contributed by atoms with E-state index in [-0.39, 0.29) is 0 Å². The van der Waals surface area contributed by atoms with Crippen LogP contribution in [0.4, 0.5) is 0 Å². The molecule has 0 atom stereocenters. The zero-order chi connectivity index (χ0) is 10.5. The highest BCUT2D eigenvalue weighted by molar-refractivity contribution is 5.00. The van der Waals surface area contributed by atoms with Crippen LogP contribution in [0.3, 0.4) is 0 Å². The van der Waals surface area contributed by atoms with Crippen molar-refractivity contribution < 1.29 is 0 Å². The molecule has 0 unspecified atom stereocenters. The van der Waals surface area contributed by atoms with Crippen LogP contribution < -0.4 is 5.32 Å². The van der Waals surface area contributed by atoms with Crippen molar-refractivity contribution in [1.82, 2.24) is 20.5 Å². The first-order valence-electron chi connectivity index (χ1n) is 5.96. The maximum atomic E-state index is 4.57. The molecule has 1 heterocycles. The standard InChI is InChI=1S/C11H20N4/c1-12-8-4-7-10-13-11(15-14-10)9-5-2-3-6-9/h9,12H,2-8H2,1H3,(H,13,14,15). The number of rotatable bonds is 5. The van der Waals surface area contributed by atoms with Crippen molar-refractivity contribution in [3.8, 4) is 0 Å². The summed E-state index contributed by atoms with van der Waals surface area (Å²) in [5.41, 5.74) is 0. The second kappa shape index (κ2) is 5.26. The Kier molecular flexibility index (Phi) is 3.72. The molecule has 1 aliphatic rings. The molecule has 1 saturated carbocycles. The van der Waals surface area contributed by atoms with E-state index in [2.05, 4.69) is 20.5 Å². The summed E-state index contributed by atoms with van der Waals surface area (Å²) < 4.78 is 0. The lowest BCUT2D eigenvalue weighted by molar-refractivity contribution is 0.669. The lowest BCUT2D eigenvalue weighted by Crippen LogP contribution is -2.08. The lowest BCUT2D eigenvalue weighted by Gasteiger charge is -2.00. The van der Waals surface area contributed by atoms with Gasteiger partial charge in [0.05, 0.1) is 0 Å². The summed E-state index contributed by atoms with van der Waals surface area (Å²) in [6, 6.07) is 0. The number of aromatic nitrogens is 3. The SMILES string of the molecule is CNCCCc1nc(C2CCCC2)n[nH]1. The third-order valence-electron chi connectivity index (χ3n) is 3.11. The third-order valence-corrected chi connectivity index (χ3v) is 3.11. The van der Waals surface area contributed by atoms with Gasteiger partial charge in [-0.15, -0.1) is 0 Å². The first-order chi connectivity index (χ1) is 7.40. The van der Waals surface area contributed by atoms with Crippen LogP contribution in [0.5, 0.6) is 0 Å². The molecule has 0 spiro atoms. The summed E-state index contributed by atoms with van der Waals surface area (Å²) in [4.78, 5) is 4.57. The maximum Gasteiger partial charge on any atom is 0.153 e. The Bertz CT molecular complexity index is 289. The lowest BCUT2D eigenvalue weighted by atomic mass is 10.1. The molecule has 0 aliphatic heterocycles. The van der Waals surface area contributed by atoms with E-state index in [1.165, 1.54) is 25.7 Å². The van der Waals surface area contributed by atoms with Gasteiger partial charge in [0.25, 0.3) is 0 Å². The summed E-state index contributed by atoms with van der Waals surface area (Å²) in [7, 11) is 1.98. The zero-order valence-corrected chi connectivity index (χ0v) is 9.42. The molecular formula is C11H20N4. The number of nitrogens with zero attached hydrogens (tertiary/aromatic N) is 2. The van der Waals surface area contributed by atoms with Crippen LogP contribution in [0.15, 0.2) is 0 Å². The predicted molar refractivity (Wildman–Crippen MR) is 59.8 cm³/mol. The molecule has 0 radical (unpaired) electrons. The Balaban J connectivity index is 1.86. The minimum absolute atomic E-state index is 0.624. The van der Waals surface area contributed by atoms with E-state index in [0.29, 0.717) is 5.92 Å². The molecule has 1 fully saturated rings. The van der Waals surface area contributed by atoms with Gasteiger partial charge in [0.2, 0.25) is 0 Å². The highest BCUT2D eigenvalue weighted by Crippen LogP contribution is 2.31. The minimum Gasteiger partial charge on any atom is -0.320 e. The normalized spacial score (nSPS) is 17.4. The topological polar surface area (TPSA) is 53.6 Å². The molecule has 0 aromatic carbocycles. The van der Waals surface area contributed by atoms with Crippen molar-refractivity contribution >= 4 is 0 Å². The number of nitrogens with one attached hydrogen (secondary N) is 2. The van der Waals surface area contributed by atoms with Gasteiger partial charge in [-0.3, -0.25) is 5.10 Å². The molecule has 4 nitrogen and oxygen atoms in total. The van der Waals surface area contributed by atoms with Gasteiger partial charge < -0.3 is 5.32 Å². The average Bonchev–Trinajstić information content (AvgIpc) is 2.87. The van der Waals surface area contributed by atoms with Crippen LogP contribution in [-0.2, 0) is 6.42 Å². The molecule has 2 rings (SSSR count). The van der Waals surface area contributed by atoms with Crippen LogP contribution in [0.25, 0.3) is 0 Å². The molecular weight excluding hydrogens is 188 g/mol. The van der Waals surface area contributed by atoms with E-state index in [1.54, 1.807) is 0 Å². The minimum atomic E-state index is 0.624. The Morgan fingerprint density at radius 2 is 2.20 bits per heavy atom. The summed E-state index contributed by atoms with van der Waals surface area (Å²) in [6.45, 7) is 1.04. The summed E-state index contributed by atoms with van der Waals surface area (Å²) in [5, 5.41) is 10.5. The second-order valence-electron chi connectivity index (χ2n) is 4.33. The predicted octanol–water partition coefficient (Wildman–Crippen LogP) is 1.61. The molecule has 1 aliphatic carbocycles. The largest absolute Gasteiger partial charge is 0.320 e. The Labute approximate surface area is 90.9 Å². The molecule has 4 heteroatoms. The molecule has 1 aromatic rings. The van der Waals surface area contributed by atoms with Gasteiger partial charge in [-0.2, -0.15) is 5.10 Å². The van der Waals surface area contributed by atoms with Gasteiger partial charge in [-0.1, -0.05) is 12.8 Å². The number of hydrogen-bond donors (Lipinski definition) is 2. The summed E-state index contributed by atoms with van der Waals surface area (Å²) >= 11 is 0. The van der Waals surface area contributed by atoms with E-state index in [9.17, 15) is 0 Å². The molecule has 0 saturated heterocycles. The summed E-state index contributed by atoms with van der Waals surface area (Å²) in [5.74, 6) is 2.72. The molecule has 84 valence electrons. The summed E-state index contributed by atoms with van der Waals surface area (Å²) in [6.07, 6.45) is 7.35. The van der Waals surface area contributed by atoms with Gasteiger partial charge in [-0.25, -0.2) is 4.98 Å². The molecule has 0 bridgehead atoms. The smallest absolute Gasteiger partial charge is 0.153 e. The molecule has 1 aromatic heterocycles. The van der Waals surface area contributed by atoms with Crippen molar-refractivity contribution in [3.05, 3.63) is 11.6 Å². The molecule has 15 heavy (non-hydrogen) atoms. The van der Waals surface area contributed by atoms with Crippen LogP contribution in [-0.4, -0.2) is 28.8 Å². The number of hydrogen-bond acceptors (Lipinski definition) is 3. The zero-order valence-electron chi connectivity index (χ0n) is 9.42. The first kappa shape index (κ1) is 10.6. The fourth-order valence-electron chi connectivity index (χ4n) is 2.22. The van der Waals surface area contributed by atoms with E-state index >= 15 is 0 Å². The molecule has 0 amide bonds. The quantitative estimate of drug-likeness (QED) is 0.723. The Morgan fingerprint density at radius 1 is 1.40 bits per heavy atom. The number of aromatic amines is 1. The van der Waals surface area contributed by atoms with E-state index in [0.717, 1.165) is 31.0 Å². The van der Waals surface area contributed by atoms with Gasteiger partial charge in [0, 0.05) is 12.3 Å². The van der Waals surface area contributed by atoms with Crippen molar-refractivity contribution in [2.24, 2.45) is 0 Å². The fraction of sp³-hybridized carbons (Fsp3) is 0.818. The number of aryl methyl sites for hydroxylation is 1. The van der Waals surface area contributed by atoms with Gasteiger partial charge in [0.1, 0.15) is 5.82 Å². The highest BCUT2D eigenvalue weighted by atomic mass is 15.2. The number of H-pyrrole nitrogens is 1. The van der Waals surface area contributed by atoms with Crippen molar-refractivity contribution in [1.29, 1.82) is 0 Å². The van der Waals surface area contributed by atoms with Crippen molar-refractivity contribution in [2.45, 2.75) is 44.4 Å². The van der Waals surface area contributed by atoms with E-state index < -0.39 is 0 Å². The maximum absolute atomic E-state index is 4.57. The average molecular weight is 208 g/mol. The van der Waals surface area contributed by atoms with Crippen LogP contribution >= 0.6 is 0 Å². The highest BCUT2D eigenvalue weighted by Gasteiger charge is 2.20. The Morgan fingerprint density at radius 3 is 2.93 bits per heavy atom. The van der Waals surface area contributed by atoms with Gasteiger partial charge in [-0.05, 0) is 32.9 Å².